The van der Waals surface area contributed by atoms with Crippen molar-refractivity contribution in [3.8, 4) is 5.75 Å². The number of aromatic nitrogens is 3. The van der Waals surface area contributed by atoms with Gasteiger partial charge in [-0.1, -0.05) is 11.6 Å². The quantitative estimate of drug-likeness (QED) is 0.501. The average molecular weight is 296 g/mol. The van der Waals surface area contributed by atoms with E-state index in [4.69, 9.17) is 22.2 Å². The first kappa shape index (κ1) is 14.8. The molecule has 0 saturated carbocycles. The Labute approximate surface area is 122 Å². The van der Waals surface area contributed by atoms with Crippen molar-refractivity contribution >= 4 is 11.6 Å². The van der Waals surface area contributed by atoms with Gasteiger partial charge in [-0.3, -0.25) is 10.5 Å². The highest BCUT2D eigenvalue weighted by Gasteiger charge is 2.24. The molecule has 0 amide bonds. The largest absolute Gasteiger partial charge is 0.493 e. The third-order valence-corrected chi connectivity index (χ3v) is 3.24. The van der Waals surface area contributed by atoms with Gasteiger partial charge >= 0.3 is 0 Å². The van der Waals surface area contributed by atoms with Crippen molar-refractivity contribution in [2.45, 2.75) is 25.9 Å². The summed E-state index contributed by atoms with van der Waals surface area (Å²) in [6.07, 6.45) is 3.33. The fourth-order valence-electron chi connectivity index (χ4n) is 2.13. The molecule has 0 aliphatic carbocycles. The fourth-order valence-corrected chi connectivity index (χ4v) is 2.31. The Morgan fingerprint density at radius 3 is 2.75 bits per heavy atom. The summed E-state index contributed by atoms with van der Waals surface area (Å²) in [5, 5.41) is 4.76. The summed E-state index contributed by atoms with van der Waals surface area (Å²) in [5.74, 6) is 6.40. The molecule has 2 aromatic heterocycles. The fraction of sp³-hybridized carbons (Fsp3) is 0.385. The van der Waals surface area contributed by atoms with Crippen LogP contribution in [0.1, 0.15) is 37.2 Å². The maximum atomic E-state index is 5.95. The summed E-state index contributed by atoms with van der Waals surface area (Å²) >= 11 is 5.95. The topological polar surface area (TPSA) is 78.0 Å². The zero-order valence-corrected chi connectivity index (χ0v) is 12.4. The van der Waals surface area contributed by atoms with Gasteiger partial charge in [0.15, 0.2) is 5.75 Å². The first-order valence-electron chi connectivity index (χ1n) is 6.27. The lowest BCUT2D eigenvalue weighted by Crippen LogP contribution is -2.31. The lowest BCUT2D eigenvalue weighted by molar-refractivity contribution is 0.394. The molecule has 7 heteroatoms. The van der Waals surface area contributed by atoms with E-state index < -0.39 is 0 Å². The third-order valence-electron chi connectivity index (χ3n) is 3.03. The van der Waals surface area contributed by atoms with Crippen molar-refractivity contribution in [1.29, 1.82) is 0 Å². The van der Waals surface area contributed by atoms with Crippen LogP contribution in [0.5, 0.6) is 5.75 Å². The molecule has 20 heavy (non-hydrogen) atoms. The van der Waals surface area contributed by atoms with Gasteiger partial charge in [0.2, 0.25) is 0 Å². The van der Waals surface area contributed by atoms with Crippen LogP contribution in [-0.4, -0.2) is 21.9 Å². The number of nitrogens with zero attached hydrogens (tertiary/aromatic N) is 3. The lowest BCUT2D eigenvalue weighted by atomic mass is 10.0. The van der Waals surface area contributed by atoms with E-state index >= 15 is 0 Å². The van der Waals surface area contributed by atoms with Crippen molar-refractivity contribution in [3.05, 3.63) is 40.9 Å². The van der Waals surface area contributed by atoms with Crippen LogP contribution in [0.25, 0.3) is 0 Å². The molecule has 6 nitrogen and oxygen atoms in total. The Kier molecular flexibility index (Phi) is 4.59. The summed E-state index contributed by atoms with van der Waals surface area (Å²) in [5.41, 5.74) is 4.54. The lowest BCUT2D eigenvalue weighted by Gasteiger charge is -2.21. The van der Waals surface area contributed by atoms with Crippen LogP contribution in [0, 0.1) is 0 Å². The Bertz CT molecular complexity index is 584. The number of methoxy groups -OCH3 is 1. The van der Waals surface area contributed by atoms with Crippen LogP contribution in [0.2, 0.25) is 5.15 Å². The van der Waals surface area contributed by atoms with Gasteiger partial charge < -0.3 is 4.74 Å². The molecule has 0 radical (unpaired) electrons. The van der Waals surface area contributed by atoms with Gasteiger partial charge in [0, 0.05) is 12.2 Å². The first-order valence-corrected chi connectivity index (χ1v) is 6.65. The predicted octanol–water partition coefficient (Wildman–Crippen LogP) is 2.07. The van der Waals surface area contributed by atoms with Gasteiger partial charge in [0.1, 0.15) is 10.8 Å². The zero-order chi connectivity index (χ0) is 14.7. The summed E-state index contributed by atoms with van der Waals surface area (Å²) in [7, 11) is 1.61. The number of pyridine rings is 1. The molecule has 0 spiro atoms. The van der Waals surface area contributed by atoms with Crippen molar-refractivity contribution in [2.24, 2.45) is 5.84 Å². The number of nitrogens with one attached hydrogen (secondary N) is 1. The number of hydrazine groups is 1. The van der Waals surface area contributed by atoms with Gasteiger partial charge in [-0.2, -0.15) is 5.10 Å². The molecule has 2 aromatic rings. The van der Waals surface area contributed by atoms with Gasteiger partial charge in [-0.15, -0.1) is 0 Å². The van der Waals surface area contributed by atoms with E-state index in [2.05, 4.69) is 15.5 Å². The van der Waals surface area contributed by atoms with Crippen LogP contribution in [0.3, 0.4) is 0 Å². The molecule has 2 rings (SSSR count). The minimum absolute atomic E-state index is 0.182. The molecule has 1 atom stereocenters. The summed E-state index contributed by atoms with van der Waals surface area (Å²) in [6.45, 7) is 4.09. The molecule has 1 unspecified atom stereocenters. The molecule has 0 fully saturated rings. The van der Waals surface area contributed by atoms with Crippen LogP contribution >= 0.6 is 11.6 Å². The Balaban J connectivity index is 2.54. The first-order chi connectivity index (χ1) is 9.58. The molecular weight excluding hydrogens is 278 g/mol. The van der Waals surface area contributed by atoms with E-state index in [9.17, 15) is 0 Å². The van der Waals surface area contributed by atoms with Crippen molar-refractivity contribution in [1.82, 2.24) is 20.2 Å². The highest BCUT2D eigenvalue weighted by molar-refractivity contribution is 6.29. The van der Waals surface area contributed by atoms with Gasteiger partial charge in [0.05, 0.1) is 19.3 Å². The Hall–Kier alpha value is -1.63. The summed E-state index contributed by atoms with van der Waals surface area (Å²) in [4.78, 5) is 3.98. The van der Waals surface area contributed by atoms with E-state index in [1.807, 2.05) is 24.6 Å². The second kappa shape index (κ2) is 6.21. The Morgan fingerprint density at radius 2 is 2.20 bits per heavy atom. The molecule has 0 aromatic carbocycles. The SMILES string of the molecule is COc1cnn(C(C)C)c1C(NN)c1ccnc(Cl)c1. The Morgan fingerprint density at radius 1 is 1.45 bits per heavy atom. The van der Waals surface area contributed by atoms with E-state index in [0.717, 1.165) is 11.3 Å². The van der Waals surface area contributed by atoms with Crippen LogP contribution in [-0.2, 0) is 0 Å². The van der Waals surface area contributed by atoms with Gasteiger partial charge in [0.25, 0.3) is 0 Å². The number of hydrogen-bond donors (Lipinski definition) is 2. The molecule has 0 aliphatic heterocycles. The van der Waals surface area contributed by atoms with Crippen molar-refractivity contribution < 1.29 is 4.74 Å². The molecule has 3 N–H and O–H groups in total. The maximum Gasteiger partial charge on any atom is 0.161 e. The number of ether oxygens (including phenoxy) is 1. The third kappa shape index (κ3) is 2.77. The van der Waals surface area contributed by atoms with E-state index in [1.54, 1.807) is 25.6 Å². The molecule has 0 aliphatic rings. The standard InChI is InChI=1S/C13H18ClN5O/c1-8(2)19-13(10(20-3)7-17-19)12(18-15)9-4-5-16-11(14)6-9/h4-8,12,18H,15H2,1-3H3. The zero-order valence-electron chi connectivity index (χ0n) is 11.7. The number of nitrogens with two attached hydrogens (primary N) is 1. The monoisotopic (exact) mass is 295 g/mol. The minimum atomic E-state index is -0.282. The summed E-state index contributed by atoms with van der Waals surface area (Å²) in [6, 6.07) is 3.52. The van der Waals surface area contributed by atoms with E-state index in [0.29, 0.717) is 10.9 Å². The summed E-state index contributed by atoms with van der Waals surface area (Å²) < 4.78 is 7.26. The van der Waals surface area contributed by atoms with Crippen LogP contribution in [0.4, 0.5) is 0 Å². The second-order valence-corrected chi connectivity index (χ2v) is 5.04. The van der Waals surface area contributed by atoms with E-state index in [-0.39, 0.29) is 12.1 Å². The van der Waals surface area contributed by atoms with Gasteiger partial charge in [-0.05, 0) is 31.5 Å². The van der Waals surface area contributed by atoms with E-state index in [1.165, 1.54) is 0 Å². The van der Waals surface area contributed by atoms with Crippen LogP contribution < -0.4 is 16.0 Å². The molecule has 108 valence electrons. The van der Waals surface area contributed by atoms with Gasteiger partial charge in [-0.25, -0.2) is 10.4 Å². The number of rotatable bonds is 5. The second-order valence-electron chi connectivity index (χ2n) is 4.65. The van der Waals surface area contributed by atoms with Crippen molar-refractivity contribution in [3.63, 3.8) is 0 Å². The molecule has 2 heterocycles. The predicted molar refractivity (Wildman–Crippen MR) is 77.6 cm³/mol. The normalized spacial score (nSPS) is 12.7. The number of halogens is 1. The molecular formula is C13H18ClN5O. The van der Waals surface area contributed by atoms with Crippen molar-refractivity contribution in [2.75, 3.05) is 7.11 Å². The smallest absolute Gasteiger partial charge is 0.161 e. The highest BCUT2D eigenvalue weighted by Crippen LogP contribution is 2.31. The average Bonchev–Trinajstić information content (AvgIpc) is 2.84. The number of hydrogen-bond acceptors (Lipinski definition) is 5. The van der Waals surface area contributed by atoms with Crippen LogP contribution in [0.15, 0.2) is 24.5 Å². The minimum Gasteiger partial charge on any atom is -0.493 e. The highest BCUT2D eigenvalue weighted by atomic mass is 35.5. The maximum absolute atomic E-state index is 5.95. The molecule has 0 bridgehead atoms. The molecule has 0 saturated heterocycles.